The van der Waals surface area contributed by atoms with E-state index in [9.17, 15) is 0 Å². The highest BCUT2D eigenvalue weighted by atomic mass is 79.9. The van der Waals surface area contributed by atoms with Crippen LogP contribution in [0.2, 0.25) is 0 Å². The van der Waals surface area contributed by atoms with Gasteiger partial charge in [0, 0.05) is 12.7 Å². The minimum atomic E-state index is -0.0895. The summed E-state index contributed by atoms with van der Waals surface area (Å²) < 4.78 is 8.24. The number of aryl methyl sites for hydroxylation is 2. The molecule has 0 saturated heterocycles. The van der Waals surface area contributed by atoms with Crippen molar-refractivity contribution in [1.29, 1.82) is 0 Å². The van der Waals surface area contributed by atoms with E-state index in [0.717, 1.165) is 28.8 Å². The van der Waals surface area contributed by atoms with Gasteiger partial charge in [-0.2, -0.15) is 5.10 Å². The highest BCUT2D eigenvalue weighted by Crippen LogP contribution is 2.26. The zero-order valence-electron chi connectivity index (χ0n) is 10.9. The van der Waals surface area contributed by atoms with Crippen LogP contribution >= 0.6 is 15.9 Å². The fraction of sp³-hybridized carbons (Fsp3) is 0.462. The van der Waals surface area contributed by atoms with Crippen molar-refractivity contribution in [2.24, 2.45) is 12.8 Å². The third-order valence-electron chi connectivity index (χ3n) is 3.35. The summed E-state index contributed by atoms with van der Waals surface area (Å²) in [4.78, 5) is 0. The highest BCUT2D eigenvalue weighted by molar-refractivity contribution is 9.10. The van der Waals surface area contributed by atoms with E-state index in [2.05, 4.69) is 28.0 Å². The van der Waals surface area contributed by atoms with Crippen molar-refractivity contribution >= 4 is 15.9 Å². The molecule has 2 aromatic heterocycles. The summed E-state index contributed by atoms with van der Waals surface area (Å²) in [6.45, 7) is 4.13. The lowest BCUT2D eigenvalue weighted by Crippen LogP contribution is -2.11. The van der Waals surface area contributed by atoms with E-state index in [-0.39, 0.29) is 6.04 Å². The van der Waals surface area contributed by atoms with E-state index >= 15 is 0 Å². The summed E-state index contributed by atoms with van der Waals surface area (Å²) in [5, 5.41) is 4.41. The maximum absolute atomic E-state index is 6.14. The molecule has 0 bridgehead atoms. The molecule has 0 aliphatic rings. The van der Waals surface area contributed by atoms with Gasteiger partial charge >= 0.3 is 0 Å². The van der Waals surface area contributed by atoms with Crippen LogP contribution in [-0.4, -0.2) is 9.78 Å². The van der Waals surface area contributed by atoms with Gasteiger partial charge < -0.3 is 10.2 Å². The number of furan rings is 1. The number of nitrogens with two attached hydrogens (primary N) is 1. The van der Waals surface area contributed by atoms with Gasteiger partial charge in [-0.1, -0.05) is 0 Å². The molecule has 0 fully saturated rings. The van der Waals surface area contributed by atoms with Gasteiger partial charge in [-0.3, -0.25) is 4.68 Å². The third-order valence-corrected chi connectivity index (χ3v) is 4.00. The summed E-state index contributed by atoms with van der Waals surface area (Å²) in [5.41, 5.74) is 9.72. The zero-order chi connectivity index (χ0) is 13.3. The van der Waals surface area contributed by atoms with Crippen molar-refractivity contribution in [3.63, 3.8) is 0 Å². The standard InChI is InChI=1S/C13H18BrN3O/c1-8-10(9(2)17(3)16-8)4-5-12(15)13-11(14)6-7-18-13/h6-7,12H,4-5,15H2,1-3H3. The van der Waals surface area contributed by atoms with Crippen LogP contribution in [0.5, 0.6) is 0 Å². The van der Waals surface area contributed by atoms with Crippen LogP contribution in [0.4, 0.5) is 0 Å². The average Bonchev–Trinajstić information content (AvgIpc) is 2.83. The minimum Gasteiger partial charge on any atom is -0.466 e. The van der Waals surface area contributed by atoms with Crippen LogP contribution in [-0.2, 0) is 13.5 Å². The monoisotopic (exact) mass is 311 g/mol. The van der Waals surface area contributed by atoms with Gasteiger partial charge in [-0.25, -0.2) is 0 Å². The second-order valence-electron chi connectivity index (χ2n) is 4.55. The summed E-state index contributed by atoms with van der Waals surface area (Å²) in [5.74, 6) is 0.814. The minimum absolute atomic E-state index is 0.0895. The first-order valence-corrected chi connectivity index (χ1v) is 6.77. The van der Waals surface area contributed by atoms with Crippen molar-refractivity contribution in [1.82, 2.24) is 9.78 Å². The molecule has 2 rings (SSSR count). The molecular weight excluding hydrogens is 294 g/mol. The Morgan fingerprint density at radius 3 is 2.72 bits per heavy atom. The van der Waals surface area contributed by atoms with Gasteiger partial charge in [-0.05, 0) is 54.2 Å². The molecule has 4 nitrogen and oxygen atoms in total. The van der Waals surface area contributed by atoms with Gasteiger partial charge in [0.15, 0.2) is 0 Å². The Hall–Kier alpha value is -1.07. The van der Waals surface area contributed by atoms with E-state index in [1.54, 1.807) is 6.26 Å². The Bertz CT molecular complexity index is 544. The molecule has 5 heteroatoms. The van der Waals surface area contributed by atoms with E-state index in [0.29, 0.717) is 0 Å². The van der Waals surface area contributed by atoms with E-state index in [1.165, 1.54) is 11.3 Å². The molecule has 0 aliphatic heterocycles. The molecule has 98 valence electrons. The first-order chi connectivity index (χ1) is 8.50. The Kier molecular flexibility index (Phi) is 3.92. The smallest absolute Gasteiger partial charge is 0.134 e. The van der Waals surface area contributed by atoms with Crippen LogP contribution in [0.3, 0.4) is 0 Å². The lowest BCUT2D eigenvalue weighted by Gasteiger charge is -2.09. The SMILES string of the molecule is Cc1nn(C)c(C)c1CCC(N)c1occc1Br. The second kappa shape index (κ2) is 5.28. The molecule has 0 amide bonds. The molecule has 18 heavy (non-hydrogen) atoms. The number of hydrogen-bond acceptors (Lipinski definition) is 3. The van der Waals surface area contributed by atoms with E-state index in [4.69, 9.17) is 10.2 Å². The number of aromatic nitrogens is 2. The van der Waals surface area contributed by atoms with Crippen LogP contribution in [0.25, 0.3) is 0 Å². The zero-order valence-corrected chi connectivity index (χ0v) is 12.5. The molecule has 2 heterocycles. The first kappa shape index (κ1) is 13.4. The van der Waals surface area contributed by atoms with Gasteiger partial charge in [0.25, 0.3) is 0 Å². The van der Waals surface area contributed by atoms with Crippen molar-refractivity contribution in [3.05, 3.63) is 39.5 Å². The number of hydrogen-bond donors (Lipinski definition) is 1. The Balaban J connectivity index is 2.06. The maximum Gasteiger partial charge on any atom is 0.134 e. The highest BCUT2D eigenvalue weighted by Gasteiger charge is 2.16. The fourth-order valence-corrected chi connectivity index (χ4v) is 2.68. The van der Waals surface area contributed by atoms with Crippen molar-refractivity contribution in [3.8, 4) is 0 Å². The van der Waals surface area contributed by atoms with Crippen LogP contribution in [0, 0.1) is 13.8 Å². The van der Waals surface area contributed by atoms with Crippen molar-refractivity contribution in [2.45, 2.75) is 32.7 Å². The van der Waals surface area contributed by atoms with Gasteiger partial charge in [0.1, 0.15) is 5.76 Å². The van der Waals surface area contributed by atoms with Crippen LogP contribution in [0.1, 0.15) is 35.2 Å². The van der Waals surface area contributed by atoms with Crippen molar-refractivity contribution < 1.29 is 4.42 Å². The molecule has 0 saturated carbocycles. The molecule has 1 unspecified atom stereocenters. The Morgan fingerprint density at radius 2 is 2.22 bits per heavy atom. The van der Waals surface area contributed by atoms with Gasteiger partial charge in [0.2, 0.25) is 0 Å². The summed E-state index contributed by atoms with van der Waals surface area (Å²) in [6, 6.07) is 1.78. The first-order valence-electron chi connectivity index (χ1n) is 5.98. The lowest BCUT2D eigenvalue weighted by atomic mass is 10.0. The predicted octanol–water partition coefficient (Wildman–Crippen LogP) is 3.03. The topological polar surface area (TPSA) is 57.0 Å². The molecule has 0 radical (unpaired) electrons. The molecule has 0 spiro atoms. The van der Waals surface area contributed by atoms with Gasteiger partial charge in [0.05, 0.1) is 22.5 Å². The quantitative estimate of drug-likeness (QED) is 0.944. The molecule has 2 N–H and O–H groups in total. The number of rotatable bonds is 4. The normalized spacial score (nSPS) is 12.9. The van der Waals surface area contributed by atoms with Gasteiger partial charge in [-0.15, -0.1) is 0 Å². The third kappa shape index (κ3) is 2.52. The largest absolute Gasteiger partial charge is 0.466 e. The molecule has 0 aromatic carbocycles. The lowest BCUT2D eigenvalue weighted by molar-refractivity contribution is 0.449. The molecular formula is C13H18BrN3O. The molecule has 2 aromatic rings. The number of nitrogens with zero attached hydrogens (tertiary/aromatic N) is 2. The summed E-state index contributed by atoms with van der Waals surface area (Å²) in [7, 11) is 1.97. The van der Waals surface area contributed by atoms with Crippen LogP contribution < -0.4 is 5.73 Å². The molecule has 1 atom stereocenters. The summed E-state index contributed by atoms with van der Waals surface area (Å²) in [6.07, 6.45) is 3.42. The Labute approximate surface area is 115 Å². The average molecular weight is 312 g/mol. The van der Waals surface area contributed by atoms with Crippen LogP contribution in [0.15, 0.2) is 21.2 Å². The fourth-order valence-electron chi connectivity index (χ4n) is 2.18. The molecule has 0 aliphatic carbocycles. The second-order valence-corrected chi connectivity index (χ2v) is 5.41. The maximum atomic E-state index is 6.14. The Morgan fingerprint density at radius 1 is 1.50 bits per heavy atom. The van der Waals surface area contributed by atoms with Crippen molar-refractivity contribution in [2.75, 3.05) is 0 Å². The number of halogens is 1. The predicted molar refractivity (Wildman–Crippen MR) is 74.3 cm³/mol. The van der Waals surface area contributed by atoms with E-state index in [1.807, 2.05) is 24.7 Å². The van der Waals surface area contributed by atoms with E-state index < -0.39 is 0 Å². The summed E-state index contributed by atoms with van der Waals surface area (Å²) >= 11 is 3.44.